The van der Waals surface area contributed by atoms with E-state index < -0.39 is 17.9 Å². The summed E-state index contributed by atoms with van der Waals surface area (Å²) in [4.78, 5) is 36.7. The monoisotopic (exact) mass is 342 g/mol. The van der Waals surface area contributed by atoms with Crippen LogP contribution in [0.25, 0.3) is 0 Å². The van der Waals surface area contributed by atoms with E-state index in [1.54, 1.807) is 38.1 Å². The lowest BCUT2D eigenvalue weighted by atomic mass is 10.1. The number of amides is 3. The van der Waals surface area contributed by atoms with Gasteiger partial charge in [-0.25, -0.2) is 0 Å². The van der Waals surface area contributed by atoms with Gasteiger partial charge in [0.25, 0.3) is 5.91 Å². The first-order valence-electron chi connectivity index (χ1n) is 7.85. The lowest BCUT2D eigenvalue weighted by Gasteiger charge is -2.14. The Labute approximate surface area is 144 Å². The summed E-state index contributed by atoms with van der Waals surface area (Å²) in [6.45, 7) is 3.80. The Morgan fingerprint density at radius 2 is 2.04 bits per heavy atom. The lowest BCUT2D eigenvalue weighted by molar-refractivity contribution is -0.125. The van der Waals surface area contributed by atoms with Crippen molar-refractivity contribution < 1.29 is 18.9 Å². The number of benzene rings is 1. The van der Waals surface area contributed by atoms with Crippen molar-refractivity contribution in [2.24, 2.45) is 0 Å². The fraction of sp³-hybridized carbons (Fsp3) is 0.294. The van der Waals surface area contributed by atoms with E-state index >= 15 is 0 Å². The Morgan fingerprint density at radius 3 is 2.76 bits per heavy atom. The van der Waals surface area contributed by atoms with Crippen LogP contribution >= 0.6 is 0 Å². The van der Waals surface area contributed by atoms with Gasteiger partial charge in [0.1, 0.15) is 11.8 Å². The van der Waals surface area contributed by atoms with Gasteiger partial charge in [0.2, 0.25) is 11.8 Å². The van der Waals surface area contributed by atoms with Crippen LogP contribution in [0, 0.1) is 13.8 Å². The third-order valence-corrected chi connectivity index (χ3v) is 4.08. The average molecular weight is 342 g/mol. The fourth-order valence-corrected chi connectivity index (χ4v) is 2.65. The van der Waals surface area contributed by atoms with Crippen LogP contribution in [0.5, 0.6) is 0 Å². The molecule has 2 heterocycles. The Kier molecular flexibility index (Phi) is 4.51. The number of nitrogens with zero attached hydrogens (tertiary/aromatic N) is 1. The second-order valence-corrected chi connectivity index (χ2v) is 5.84. The number of para-hydroxylation sites is 1. The SMILES string of the molecule is Cc1noc(C)c1CNC(=O)CC1NC(=O)c2ccccc2NC1=O. The topological polar surface area (TPSA) is 113 Å². The van der Waals surface area contributed by atoms with Crippen molar-refractivity contribution >= 4 is 23.4 Å². The van der Waals surface area contributed by atoms with Gasteiger partial charge in [-0.15, -0.1) is 0 Å². The largest absolute Gasteiger partial charge is 0.361 e. The van der Waals surface area contributed by atoms with Crippen LogP contribution in [0.3, 0.4) is 0 Å². The molecular formula is C17H18N4O4. The minimum absolute atomic E-state index is 0.158. The molecule has 0 radical (unpaired) electrons. The molecule has 1 unspecified atom stereocenters. The highest BCUT2D eigenvalue weighted by Crippen LogP contribution is 2.19. The van der Waals surface area contributed by atoms with Crippen LogP contribution in [0.4, 0.5) is 5.69 Å². The molecule has 0 aliphatic carbocycles. The Balaban J connectivity index is 1.64. The molecule has 3 rings (SSSR count). The van der Waals surface area contributed by atoms with Crippen LogP contribution in [-0.2, 0) is 16.1 Å². The van der Waals surface area contributed by atoms with Crippen LogP contribution in [0.1, 0.15) is 33.8 Å². The molecule has 3 N–H and O–H groups in total. The first kappa shape index (κ1) is 16.7. The van der Waals surface area contributed by atoms with E-state index in [4.69, 9.17) is 4.52 Å². The number of hydrogen-bond acceptors (Lipinski definition) is 5. The minimum Gasteiger partial charge on any atom is -0.361 e. The fourth-order valence-electron chi connectivity index (χ4n) is 2.65. The van der Waals surface area contributed by atoms with E-state index in [1.165, 1.54) is 0 Å². The lowest BCUT2D eigenvalue weighted by Crippen LogP contribution is -2.44. The maximum atomic E-state index is 12.3. The summed E-state index contributed by atoms with van der Waals surface area (Å²) in [5.74, 6) is -0.538. The highest BCUT2D eigenvalue weighted by atomic mass is 16.5. The number of fused-ring (bicyclic) bond motifs is 1. The molecule has 0 bridgehead atoms. The summed E-state index contributed by atoms with van der Waals surface area (Å²) >= 11 is 0. The third kappa shape index (κ3) is 3.52. The van der Waals surface area contributed by atoms with Gasteiger partial charge < -0.3 is 20.5 Å². The normalized spacial score (nSPS) is 16.5. The Bertz CT molecular complexity index is 823. The molecule has 0 saturated heterocycles. The smallest absolute Gasteiger partial charge is 0.254 e. The first-order valence-corrected chi connectivity index (χ1v) is 7.85. The van der Waals surface area contributed by atoms with Gasteiger partial charge in [-0.1, -0.05) is 17.3 Å². The zero-order chi connectivity index (χ0) is 18.0. The Morgan fingerprint density at radius 1 is 1.28 bits per heavy atom. The predicted octanol–water partition coefficient (Wildman–Crippen LogP) is 1.05. The number of anilines is 1. The number of carbonyl (C=O) groups excluding carboxylic acids is 3. The molecule has 1 aromatic carbocycles. The molecular weight excluding hydrogens is 324 g/mol. The number of aryl methyl sites for hydroxylation is 2. The number of nitrogens with one attached hydrogen (secondary N) is 3. The summed E-state index contributed by atoms with van der Waals surface area (Å²) in [6.07, 6.45) is -0.158. The molecule has 130 valence electrons. The molecule has 1 atom stereocenters. The number of aromatic nitrogens is 1. The second-order valence-electron chi connectivity index (χ2n) is 5.84. The molecule has 1 aliphatic rings. The molecule has 0 fully saturated rings. The summed E-state index contributed by atoms with van der Waals surface area (Å²) in [5, 5.41) is 11.8. The average Bonchev–Trinajstić information content (AvgIpc) is 2.84. The van der Waals surface area contributed by atoms with Gasteiger partial charge in [0.15, 0.2) is 0 Å². The first-order chi connectivity index (χ1) is 12.0. The van der Waals surface area contributed by atoms with Crippen molar-refractivity contribution in [1.82, 2.24) is 15.8 Å². The Hall–Kier alpha value is -3.16. The van der Waals surface area contributed by atoms with Crippen LogP contribution in [0.15, 0.2) is 28.8 Å². The maximum Gasteiger partial charge on any atom is 0.254 e. The summed E-state index contributed by atoms with van der Waals surface area (Å²) in [6, 6.07) is 5.76. The molecule has 8 nitrogen and oxygen atoms in total. The molecule has 2 aromatic rings. The van der Waals surface area contributed by atoms with Crippen molar-refractivity contribution in [2.45, 2.75) is 32.9 Å². The molecule has 8 heteroatoms. The molecule has 25 heavy (non-hydrogen) atoms. The minimum atomic E-state index is -0.940. The van der Waals surface area contributed by atoms with Gasteiger partial charge in [-0.3, -0.25) is 14.4 Å². The summed E-state index contributed by atoms with van der Waals surface area (Å²) in [5.41, 5.74) is 2.31. The van der Waals surface area contributed by atoms with Gasteiger partial charge >= 0.3 is 0 Å². The predicted molar refractivity (Wildman–Crippen MR) is 88.8 cm³/mol. The van der Waals surface area contributed by atoms with Crippen molar-refractivity contribution in [1.29, 1.82) is 0 Å². The maximum absolute atomic E-state index is 12.3. The molecule has 1 aromatic heterocycles. The summed E-state index contributed by atoms with van der Waals surface area (Å²) in [7, 11) is 0. The van der Waals surface area contributed by atoms with Crippen molar-refractivity contribution in [2.75, 3.05) is 5.32 Å². The third-order valence-electron chi connectivity index (χ3n) is 4.08. The number of hydrogen-bond donors (Lipinski definition) is 3. The van der Waals surface area contributed by atoms with E-state index in [9.17, 15) is 14.4 Å². The van der Waals surface area contributed by atoms with E-state index in [2.05, 4.69) is 21.1 Å². The van der Waals surface area contributed by atoms with Gasteiger partial charge in [-0.05, 0) is 26.0 Å². The quantitative estimate of drug-likeness (QED) is 0.768. The van der Waals surface area contributed by atoms with Crippen molar-refractivity contribution in [3.63, 3.8) is 0 Å². The van der Waals surface area contributed by atoms with Crippen molar-refractivity contribution in [3.05, 3.63) is 46.8 Å². The zero-order valence-corrected chi connectivity index (χ0v) is 13.9. The highest BCUT2D eigenvalue weighted by molar-refractivity contribution is 6.10. The van der Waals surface area contributed by atoms with Crippen LogP contribution < -0.4 is 16.0 Å². The van der Waals surface area contributed by atoms with Crippen molar-refractivity contribution in [3.8, 4) is 0 Å². The van der Waals surface area contributed by atoms with Crippen LogP contribution in [0.2, 0.25) is 0 Å². The molecule has 0 spiro atoms. The summed E-state index contributed by atoms with van der Waals surface area (Å²) < 4.78 is 5.04. The van der Waals surface area contributed by atoms with Crippen LogP contribution in [-0.4, -0.2) is 28.9 Å². The van der Waals surface area contributed by atoms with E-state index in [0.29, 0.717) is 22.7 Å². The molecule has 0 saturated carbocycles. The van der Waals surface area contributed by atoms with Gasteiger partial charge in [0, 0.05) is 12.1 Å². The van der Waals surface area contributed by atoms with Gasteiger partial charge in [0.05, 0.1) is 23.4 Å². The van der Waals surface area contributed by atoms with Gasteiger partial charge in [-0.2, -0.15) is 0 Å². The number of carbonyl (C=O) groups is 3. The standard InChI is InChI=1S/C17H18N4O4/c1-9-12(10(2)25-21-9)8-18-15(22)7-14-17(24)19-13-6-4-3-5-11(13)16(23)20-14/h3-6,14H,7-8H2,1-2H3,(H,18,22)(H,19,24)(H,20,23). The zero-order valence-electron chi connectivity index (χ0n) is 13.9. The number of rotatable bonds is 4. The second kappa shape index (κ2) is 6.76. The van der Waals surface area contributed by atoms with E-state index in [1.807, 2.05) is 0 Å². The molecule has 1 aliphatic heterocycles. The van der Waals surface area contributed by atoms with E-state index in [0.717, 1.165) is 5.56 Å². The molecule has 3 amide bonds. The van der Waals surface area contributed by atoms with E-state index in [-0.39, 0.29) is 18.9 Å². The highest BCUT2D eigenvalue weighted by Gasteiger charge is 2.29.